The lowest BCUT2D eigenvalue weighted by atomic mass is 10.1. The Morgan fingerprint density at radius 1 is 1.17 bits per heavy atom. The average Bonchev–Trinajstić information content (AvgIpc) is 2.36. The van der Waals surface area contributed by atoms with Crippen LogP contribution >= 0.6 is 0 Å². The van der Waals surface area contributed by atoms with E-state index >= 15 is 0 Å². The van der Waals surface area contributed by atoms with Gasteiger partial charge in [-0.2, -0.15) is 0 Å². The van der Waals surface area contributed by atoms with E-state index in [1.807, 2.05) is 6.92 Å². The van der Waals surface area contributed by atoms with Crippen molar-refractivity contribution in [3.8, 4) is 0 Å². The number of ether oxygens (including phenoxy) is 2. The van der Waals surface area contributed by atoms with E-state index in [9.17, 15) is 8.78 Å². The van der Waals surface area contributed by atoms with E-state index < -0.39 is 17.7 Å². The van der Waals surface area contributed by atoms with E-state index in [0.717, 1.165) is 12.5 Å². The first-order valence-electron chi connectivity index (χ1n) is 6.01. The summed E-state index contributed by atoms with van der Waals surface area (Å²) in [5, 5.41) is 0. The summed E-state index contributed by atoms with van der Waals surface area (Å²) >= 11 is 0. The highest BCUT2D eigenvalue weighted by molar-refractivity contribution is 5.22. The maximum Gasteiger partial charge on any atom is 0.163 e. The molecule has 0 radical (unpaired) electrons. The minimum Gasteiger partial charge on any atom is -0.379 e. The Morgan fingerprint density at radius 3 is 2.61 bits per heavy atom. The molecule has 5 heteroatoms. The van der Waals surface area contributed by atoms with Crippen LogP contribution in [-0.4, -0.2) is 26.4 Å². The Kier molecular flexibility index (Phi) is 6.78. The molecule has 0 amide bonds. The van der Waals surface area contributed by atoms with Gasteiger partial charge in [-0.3, -0.25) is 0 Å². The van der Waals surface area contributed by atoms with Crippen molar-refractivity contribution in [1.82, 2.24) is 0 Å². The van der Waals surface area contributed by atoms with Crippen molar-refractivity contribution in [2.45, 2.75) is 19.4 Å². The monoisotopic (exact) mass is 259 g/mol. The third kappa shape index (κ3) is 4.68. The fourth-order valence-electron chi connectivity index (χ4n) is 1.47. The fraction of sp³-hybridized carbons (Fsp3) is 0.538. The van der Waals surface area contributed by atoms with Gasteiger partial charge in [0.1, 0.15) is 0 Å². The highest BCUT2D eigenvalue weighted by atomic mass is 19.2. The molecule has 0 bridgehead atoms. The van der Waals surface area contributed by atoms with Crippen molar-refractivity contribution in [3.05, 3.63) is 35.4 Å². The molecule has 0 heterocycles. The van der Waals surface area contributed by atoms with Crippen LogP contribution < -0.4 is 5.73 Å². The van der Waals surface area contributed by atoms with Gasteiger partial charge in [0.15, 0.2) is 11.6 Å². The summed E-state index contributed by atoms with van der Waals surface area (Å²) in [6, 6.07) is 3.27. The highest BCUT2D eigenvalue weighted by Gasteiger charge is 2.14. The Bertz CT molecular complexity index is 361. The molecule has 0 aromatic heterocycles. The van der Waals surface area contributed by atoms with Crippen LogP contribution in [0.5, 0.6) is 0 Å². The van der Waals surface area contributed by atoms with Crippen molar-refractivity contribution < 1.29 is 18.3 Å². The van der Waals surface area contributed by atoms with Crippen LogP contribution in [0.3, 0.4) is 0 Å². The quantitative estimate of drug-likeness (QED) is 0.729. The van der Waals surface area contributed by atoms with Gasteiger partial charge in [0, 0.05) is 12.2 Å². The maximum atomic E-state index is 13.4. The molecule has 0 aliphatic heterocycles. The largest absolute Gasteiger partial charge is 0.379 e. The SMILES string of the molecule is CCCOCCOCC(N)c1cccc(F)c1F. The molecule has 0 saturated heterocycles. The predicted molar refractivity (Wildman–Crippen MR) is 65.2 cm³/mol. The van der Waals surface area contributed by atoms with Gasteiger partial charge >= 0.3 is 0 Å². The van der Waals surface area contributed by atoms with E-state index in [-0.39, 0.29) is 12.2 Å². The summed E-state index contributed by atoms with van der Waals surface area (Å²) < 4.78 is 36.8. The smallest absolute Gasteiger partial charge is 0.163 e. The van der Waals surface area contributed by atoms with Gasteiger partial charge in [0.2, 0.25) is 0 Å². The van der Waals surface area contributed by atoms with E-state index in [0.29, 0.717) is 19.8 Å². The second-order valence-electron chi connectivity index (χ2n) is 3.94. The number of hydrogen-bond acceptors (Lipinski definition) is 3. The van der Waals surface area contributed by atoms with Crippen LogP contribution in [0.4, 0.5) is 8.78 Å². The van der Waals surface area contributed by atoms with Gasteiger partial charge in [0.05, 0.1) is 25.9 Å². The molecule has 1 rings (SSSR count). The Labute approximate surface area is 106 Å². The van der Waals surface area contributed by atoms with Gasteiger partial charge in [-0.25, -0.2) is 8.78 Å². The van der Waals surface area contributed by atoms with Crippen LogP contribution in [0.25, 0.3) is 0 Å². The summed E-state index contributed by atoms with van der Waals surface area (Å²) in [5.41, 5.74) is 5.86. The lowest BCUT2D eigenvalue weighted by Crippen LogP contribution is -2.20. The highest BCUT2D eigenvalue weighted by Crippen LogP contribution is 2.17. The minimum atomic E-state index is -0.907. The number of halogens is 2. The van der Waals surface area contributed by atoms with Gasteiger partial charge in [0.25, 0.3) is 0 Å². The Hall–Kier alpha value is -1.04. The van der Waals surface area contributed by atoms with Crippen LogP contribution in [0.15, 0.2) is 18.2 Å². The number of hydrogen-bond donors (Lipinski definition) is 1. The lowest BCUT2D eigenvalue weighted by Gasteiger charge is -2.13. The van der Waals surface area contributed by atoms with Crippen LogP contribution in [0.2, 0.25) is 0 Å². The van der Waals surface area contributed by atoms with Gasteiger partial charge in [-0.05, 0) is 12.5 Å². The third-order valence-electron chi connectivity index (χ3n) is 2.40. The average molecular weight is 259 g/mol. The van der Waals surface area contributed by atoms with Crippen LogP contribution in [0, 0.1) is 11.6 Å². The molecular weight excluding hydrogens is 240 g/mol. The van der Waals surface area contributed by atoms with Crippen molar-refractivity contribution in [2.75, 3.05) is 26.4 Å². The zero-order valence-electron chi connectivity index (χ0n) is 10.5. The fourth-order valence-corrected chi connectivity index (χ4v) is 1.47. The number of rotatable bonds is 8. The van der Waals surface area contributed by atoms with Crippen molar-refractivity contribution in [2.24, 2.45) is 5.73 Å². The van der Waals surface area contributed by atoms with Gasteiger partial charge < -0.3 is 15.2 Å². The molecule has 18 heavy (non-hydrogen) atoms. The third-order valence-corrected chi connectivity index (χ3v) is 2.40. The first kappa shape index (κ1) is 15.0. The van der Waals surface area contributed by atoms with Gasteiger partial charge in [-0.15, -0.1) is 0 Å². The summed E-state index contributed by atoms with van der Waals surface area (Å²) in [7, 11) is 0. The zero-order valence-corrected chi connectivity index (χ0v) is 10.5. The molecule has 102 valence electrons. The Balaban J connectivity index is 2.32. The summed E-state index contributed by atoms with van der Waals surface area (Å²) in [5.74, 6) is -1.80. The standard InChI is InChI=1S/C13H19F2NO2/c1-2-6-17-7-8-18-9-12(16)10-4-3-5-11(14)13(10)15/h3-5,12H,2,6-9,16H2,1H3. The van der Waals surface area contributed by atoms with E-state index in [1.165, 1.54) is 12.1 Å². The number of benzene rings is 1. The van der Waals surface area contributed by atoms with Crippen LogP contribution in [0.1, 0.15) is 24.9 Å². The second-order valence-corrected chi connectivity index (χ2v) is 3.94. The normalized spacial score (nSPS) is 12.7. The first-order chi connectivity index (χ1) is 8.66. The van der Waals surface area contributed by atoms with Crippen molar-refractivity contribution >= 4 is 0 Å². The van der Waals surface area contributed by atoms with E-state index in [2.05, 4.69) is 0 Å². The minimum absolute atomic E-state index is 0.129. The zero-order chi connectivity index (χ0) is 13.4. The topological polar surface area (TPSA) is 44.5 Å². The summed E-state index contributed by atoms with van der Waals surface area (Å²) in [6.07, 6.45) is 0.952. The molecule has 1 aromatic carbocycles. The Morgan fingerprint density at radius 2 is 1.89 bits per heavy atom. The van der Waals surface area contributed by atoms with Crippen LogP contribution in [-0.2, 0) is 9.47 Å². The molecular formula is C13H19F2NO2. The molecule has 0 fully saturated rings. The summed E-state index contributed by atoms with van der Waals surface area (Å²) in [4.78, 5) is 0. The molecule has 2 N–H and O–H groups in total. The molecule has 1 aromatic rings. The molecule has 0 spiro atoms. The van der Waals surface area contributed by atoms with Crippen molar-refractivity contribution in [3.63, 3.8) is 0 Å². The second kappa shape index (κ2) is 8.13. The first-order valence-corrected chi connectivity index (χ1v) is 6.01. The molecule has 1 atom stereocenters. The molecule has 3 nitrogen and oxygen atoms in total. The summed E-state index contributed by atoms with van der Waals surface area (Å²) in [6.45, 7) is 3.71. The predicted octanol–water partition coefficient (Wildman–Crippen LogP) is 2.41. The molecule has 0 saturated carbocycles. The molecule has 0 aliphatic carbocycles. The van der Waals surface area contributed by atoms with Gasteiger partial charge in [-0.1, -0.05) is 19.1 Å². The lowest BCUT2D eigenvalue weighted by molar-refractivity contribution is 0.0425. The maximum absolute atomic E-state index is 13.4. The molecule has 1 unspecified atom stereocenters. The van der Waals surface area contributed by atoms with E-state index in [4.69, 9.17) is 15.2 Å². The van der Waals surface area contributed by atoms with E-state index in [1.54, 1.807) is 0 Å². The number of nitrogens with two attached hydrogens (primary N) is 1. The molecule has 0 aliphatic rings. The van der Waals surface area contributed by atoms with Crippen molar-refractivity contribution in [1.29, 1.82) is 0 Å².